The maximum Gasteiger partial charge on any atom is 0.270 e. The van der Waals surface area contributed by atoms with Crippen molar-refractivity contribution in [2.24, 2.45) is 0 Å². The third-order valence-corrected chi connectivity index (χ3v) is 5.28. The Kier molecular flexibility index (Phi) is 5.12. The topological polar surface area (TPSA) is 92.3 Å². The predicted molar refractivity (Wildman–Crippen MR) is 84.6 cm³/mol. The van der Waals surface area contributed by atoms with E-state index in [0.717, 1.165) is 0 Å². The van der Waals surface area contributed by atoms with Crippen molar-refractivity contribution in [2.75, 3.05) is 29.5 Å². The number of carbonyl (C=O) groups is 1. The van der Waals surface area contributed by atoms with Crippen LogP contribution in [0.3, 0.4) is 0 Å². The van der Waals surface area contributed by atoms with E-state index < -0.39 is 9.84 Å². The Bertz CT molecular complexity index is 660. The summed E-state index contributed by atoms with van der Waals surface area (Å²) in [6.07, 6.45) is 3.66. The fourth-order valence-electron chi connectivity index (χ4n) is 2.45. The highest BCUT2D eigenvalue weighted by Gasteiger charge is 2.33. The maximum absolute atomic E-state index is 11.9. The van der Waals surface area contributed by atoms with Gasteiger partial charge in [0.25, 0.3) is 5.91 Å². The molecule has 0 saturated carbocycles. The summed E-state index contributed by atoms with van der Waals surface area (Å²) in [5.74, 6) is 0.375. The van der Waals surface area contributed by atoms with Crippen molar-refractivity contribution in [1.82, 2.24) is 15.3 Å². The van der Waals surface area contributed by atoms with E-state index >= 15 is 0 Å². The smallest absolute Gasteiger partial charge is 0.270 e. The molecule has 0 bridgehead atoms. The molecule has 0 aromatic carbocycles. The second-order valence-corrected chi connectivity index (χ2v) is 7.31. The minimum absolute atomic E-state index is 0.108. The number of rotatable bonds is 6. The van der Waals surface area contributed by atoms with Gasteiger partial charge in [-0.2, -0.15) is 0 Å². The number of nitrogens with zero attached hydrogens (tertiary/aromatic N) is 3. The molecule has 7 nitrogen and oxygen atoms in total. The van der Waals surface area contributed by atoms with Crippen molar-refractivity contribution in [1.29, 1.82) is 0 Å². The highest BCUT2D eigenvalue weighted by molar-refractivity contribution is 7.91. The molecule has 1 fully saturated rings. The van der Waals surface area contributed by atoms with E-state index in [4.69, 9.17) is 0 Å². The first kappa shape index (κ1) is 16.4. The SMILES string of the molecule is C=CCNC(=O)c1ccnc(N(CC)C2CCS(=O)(=O)C2)n1. The van der Waals surface area contributed by atoms with Crippen LogP contribution in [0.1, 0.15) is 23.8 Å². The van der Waals surface area contributed by atoms with Gasteiger partial charge < -0.3 is 10.2 Å². The third-order valence-electron chi connectivity index (χ3n) is 3.53. The molecule has 2 rings (SSSR count). The summed E-state index contributed by atoms with van der Waals surface area (Å²) in [4.78, 5) is 22.2. The lowest BCUT2D eigenvalue weighted by Gasteiger charge is -2.26. The number of aromatic nitrogens is 2. The van der Waals surface area contributed by atoms with Crippen LogP contribution < -0.4 is 10.2 Å². The van der Waals surface area contributed by atoms with Crippen molar-refractivity contribution < 1.29 is 13.2 Å². The van der Waals surface area contributed by atoms with Crippen molar-refractivity contribution >= 4 is 21.7 Å². The van der Waals surface area contributed by atoms with Gasteiger partial charge in [0.1, 0.15) is 5.69 Å². The molecular weight excluding hydrogens is 304 g/mol. The summed E-state index contributed by atoms with van der Waals surface area (Å²) < 4.78 is 23.3. The predicted octanol–water partition coefficient (Wildman–Crippen LogP) is 0.406. The normalized spacial score (nSPS) is 19.6. The van der Waals surface area contributed by atoms with Gasteiger partial charge >= 0.3 is 0 Å². The summed E-state index contributed by atoms with van der Waals surface area (Å²) in [5, 5.41) is 2.65. The van der Waals surface area contributed by atoms with Crippen LogP contribution in [-0.2, 0) is 9.84 Å². The van der Waals surface area contributed by atoms with E-state index in [0.29, 0.717) is 25.5 Å². The Morgan fingerprint density at radius 1 is 1.59 bits per heavy atom. The molecule has 0 radical (unpaired) electrons. The summed E-state index contributed by atoms with van der Waals surface area (Å²) in [5.41, 5.74) is 0.256. The van der Waals surface area contributed by atoms with Gasteiger partial charge in [-0.1, -0.05) is 6.08 Å². The minimum Gasteiger partial charge on any atom is -0.347 e. The Morgan fingerprint density at radius 3 is 2.95 bits per heavy atom. The van der Waals surface area contributed by atoms with Crippen LogP contribution in [0, 0.1) is 0 Å². The molecule has 0 spiro atoms. The van der Waals surface area contributed by atoms with Crippen LogP contribution in [-0.4, -0.2) is 54.9 Å². The van der Waals surface area contributed by atoms with Gasteiger partial charge in [0.15, 0.2) is 9.84 Å². The van der Waals surface area contributed by atoms with Crippen LogP contribution in [0.2, 0.25) is 0 Å². The third kappa shape index (κ3) is 3.82. The molecule has 1 amide bonds. The van der Waals surface area contributed by atoms with Gasteiger partial charge in [-0.25, -0.2) is 18.4 Å². The summed E-state index contributed by atoms with van der Waals surface area (Å²) >= 11 is 0. The number of carbonyl (C=O) groups excluding carboxylic acids is 1. The molecule has 8 heteroatoms. The van der Waals surface area contributed by atoms with Crippen molar-refractivity contribution in [3.63, 3.8) is 0 Å². The van der Waals surface area contributed by atoms with E-state index in [1.807, 2.05) is 11.8 Å². The quantitative estimate of drug-likeness (QED) is 0.762. The van der Waals surface area contributed by atoms with Gasteiger partial charge in [0, 0.05) is 25.3 Å². The van der Waals surface area contributed by atoms with E-state index in [2.05, 4.69) is 21.9 Å². The average molecular weight is 324 g/mol. The van der Waals surface area contributed by atoms with Gasteiger partial charge in [-0.3, -0.25) is 4.79 Å². The number of sulfone groups is 1. The standard InChI is InChI=1S/C14H20N4O3S/c1-3-7-15-13(19)12-5-8-16-14(17-12)18(4-2)11-6-9-22(20,21)10-11/h3,5,8,11H,1,4,6-7,9-10H2,2H3,(H,15,19). The van der Waals surface area contributed by atoms with E-state index in [9.17, 15) is 13.2 Å². The summed E-state index contributed by atoms with van der Waals surface area (Å²) in [6, 6.07) is 1.39. The Labute approximate surface area is 130 Å². The number of anilines is 1. The van der Waals surface area contributed by atoms with E-state index in [1.165, 1.54) is 12.3 Å². The van der Waals surface area contributed by atoms with E-state index in [-0.39, 0.29) is 29.1 Å². The monoisotopic (exact) mass is 324 g/mol. The molecule has 0 aliphatic carbocycles. The first-order valence-electron chi connectivity index (χ1n) is 7.16. The highest BCUT2D eigenvalue weighted by Crippen LogP contribution is 2.21. The number of hydrogen-bond acceptors (Lipinski definition) is 6. The van der Waals surface area contributed by atoms with Crippen LogP contribution in [0.25, 0.3) is 0 Å². The fraction of sp³-hybridized carbons (Fsp3) is 0.500. The van der Waals surface area contributed by atoms with Crippen molar-refractivity contribution in [3.8, 4) is 0 Å². The number of hydrogen-bond donors (Lipinski definition) is 1. The Balaban J connectivity index is 2.19. The van der Waals surface area contributed by atoms with Crippen LogP contribution in [0.4, 0.5) is 5.95 Å². The van der Waals surface area contributed by atoms with Crippen LogP contribution in [0.5, 0.6) is 0 Å². The molecule has 1 aromatic rings. The van der Waals surface area contributed by atoms with Gasteiger partial charge in [0.05, 0.1) is 11.5 Å². The second-order valence-electron chi connectivity index (χ2n) is 5.08. The molecule has 120 valence electrons. The van der Waals surface area contributed by atoms with Gasteiger partial charge in [0.2, 0.25) is 5.95 Å². The lowest BCUT2D eigenvalue weighted by molar-refractivity contribution is 0.0953. The molecule has 1 N–H and O–H groups in total. The first-order valence-corrected chi connectivity index (χ1v) is 8.98. The van der Waals surface area contributed by atoms with Gasteiger partial charge in [-0.15, -0.1) is 6.58 Å². The highest BCUT2D eigenvalue weighted by atomic mass is 32.2. The summed E-state index contributed by atoms with van der Waals surface area (Å²) in [7, 11) is -2.98. The molecule has 1 saturated heterocycles. The van der Waals surface area contributed by atoms with Crippen molar-refractivity contribution in [2.45, 2.75) is 19.4 Å². The second kappa shape index (κ2) is 6.87. The lowest BCUT2D eigenvalue weighted by Crippen LogP contribution is -2.37. The van der Waals surface area contributed by atoms with E-state index in [1.54, 1.807) is 6.08 Å². The molecule has 1 aliphatic heterocycles. The number of amides is 1. The fourth-order valence-corrected chi connectivity index (χ4v) is 4.18. The number of nitrogens with one attached hydrogen (secondary N) is 1. The molecule has 1 atom stereocenters. The van der Waals surface area contributed by atoms with Crippen LogP contribution in [0.15, 0.2) is 24.9 Å². The summed E-state index contributed by atoms with van der Waals surface area (Å²) in [6.45, 7) is 6.39. The average Bonchev–Trinajstić information content (AvgIpc) is 2.86. The molecule has 1 aromatic heterocycles. The maximum atomic E-state index is 11.9. The molecule has 1 unspecified atom stereocenters. The Hall–Kier alpha value is -1.96. The lowest BCUT2D eigenvalue weighted by atomic mass is 10.2. The minimum atomic E-state index is -2.98. The first-order chi connectivity index (χ1) is 10.5. The molecular formula is C14H20N4O3S. The largest absolute Gasteiger partial charge is 0.347 e. The zero-order valence-corrected chi connectivity index (χ0v) is 13.3. The van der Waals surface area contributed by atoms with Gasteiger partial charge in [-0.05, 0) is 19.4 Å². The zero-order chi connectivity index (χ0) is 16.2. The molecule has 22 heavy (non-hydrogen) atoms. The van der Waals surface area contributed by atoms with Crippen molar-refractivity contribution in [3.05, 3.63) is 30.6 Å². The Morgan fingerprint density at radius 2 is 2.36 bits per heavy atom. The van der Waals surface area contributed by atoms with Crippen LogP contribution >= 0.6 is 0 Å². The zero-order valence-electron chi connectivity index (χ0n) is 12.5. The molecule has 1 aliphatic rings. The molecule has 2 heterocycles.